The number of nitrogens with one attached hydrogen (secondary N) is 1. The van der Waals surface area contributed by atoms with Crippen molar-refractivity contribution in [1.29, 1.82) is 0 Å². The predicted octanol–water partition coefficient (Wildman–Crippen LogP) is 1.62. The lowest BCUT2D eigenvalue weighted by atomic mass is 9.93. The van der Waals surface area contributed by atoms with E-state index in [4.69, 9.17) is 0 Å². The average Bonchev–Trinajstić information content (AvgIpc) is 2.95. The number of hydrogen-bond acceptors (Lipinski definition) is 3. The van der Waals surface area contributed by atoms with Crippen molar-refractivity contribution in [3.8, 4) is 0 Å². The SMILES string of the molecule is CCCn1ncnc1CC1(C(C)NC)CC1. The zero-order chi connectivity index (χ0) is 11.6. The summed E-state index contributed by atoms with van der Waals surface area (Å²) in [7, 11) is 2.04. The minimum absolute atomic E-state index is 0.438. The maximum atomic E-state index is 4.40. The topological polar surface area (TPSA) is 42.7 Å². The highest BCUT2D eigenvalue weighted by atomic mass is 15.3. The summed E-state index contributed by atoms with van der Waals surface area (Å²) in [6.07, 6.45) is 6.49. The summed E-state index contributed by atoms with van der Waals surface area (Å²) in [5, 5.41) is 7.66. The lowest BCUT2D eigenvalue weighted by Gasteiger charge is -2.22. The van der Waals surface area contributed by atoms with Crippen molar-refractivity contribution in [2.45, 2.75) is 52.1 Å². The van der Waals surface area contributed by atoms with Gasteiger partial charge < -0.3 is 5.32 Å². The molecule has 1 atom stereocenters. The third-order valence-corrected chi connectivity index (χ3v) is 3.89. The van der Waals surface area contributed by atoms with Crippen LogP contribution in [0.15, 0.2) is 6.33 Å². The third-order valence-electron chi connectivity index (χ3n) is 3.89. The van der Waals surface area contributed by atoms with Gasteiger partial charge >= 0.3 is 0 Å². The minimum Gasteiger partial charge on any atom is -0.317 e. The summed E-state index contributed by atoms with van der Waals surface area (Å²) >= 11 is 0. The first-order chi connectivity index (χ1) is 7.72. The number of hydrogen-bond donors (Lipinski definition) is 1. The Morgan fingerprint density at radius 2 is 2.31 bits per heavy atom. The van der Waals surface area contributed by atoms with Gasteiger partial charge in [0.25, 0.3) is 0 Å². The van der Waals surface area contributed by atoms with Crippen LogP contribution in [0, 0.1) is 5.41 Å². The molecule has 1 unspecified atom stereocenters. The predicted molar refractivity (Wildman–Crippen MR) is 64.2 cm³/mol. The first-order valence-electron chi connectivity index (χ1n) is 6.26. The molecule has 4 nitrogen and oxygen atoms in total. The fourth-order valence-corrected chi connectivity index (χ4v) is 2.37. The van der Waals surface area contributed by atoms with Gasteiger partial charge in [-0.2, -0.15) is 5.10 Å². The Bertz CT molecular complexity index is 341. The highest BCUT2D eigenvalue weighted by Crippen LogP contribution is 2.50. The molecule has 0 bridgehead atoms. The van der Waals surface area contributed by atoms with Gasteiger partial charge in [0.05, 0.1) is 0 Å². The van der Waals surface area contributed by atoms with Crippen LogP contribution in [0.25, 0.3) is 0 Å². The van der Waals surface area contributed by atoms with Crippen molar-refractivity contribution in [2.24, 2.45) is 5.41 Å². The molecule has 0 amide bonds. The van der Waals surface area contributed by atoms with Crippen LogP contribution < -0.4 is 5.32 Å². The van der Waals surface area contributed by atoms with Crippen LogP contribution in [0.3, 0.4) is 0 Å². The second-order valence-corrected chi connectivity index (χ2v) is 4.95. The molecule has 4 heteroatoms. The monoisotopic (exact) mass is 222 g/mol. The van der Waals surface area contributed by atoms with Gasteiger partial charge in [0, 0.05) is 19.0 Å². The molecule has 1 aliphatic carbocycles. The summed E-state index contributed by atoms with van der Waals surface area (Å²) in [6, 6.07) is 0.569. The number of aryl methyl sites for hydroxylation is 1. The number of rotatable bonds is 6. The Labute approximate surface area is 97.5 Å². The largest absolute Gasteiger partial charge is 0.317 e. The molecule has 0 aliphatic heterocycles. The van der Waals surface area contributed by atoms with E-state index in [1.54, 1.807) is 6.33 Å². The molecular formula is C12H22N4. The molecular weight excluding hydrogens is 200 g/mol. The molecule has 0 spiro atoms. The van der Waals surface area contributed by atoms with Crippen LogP contribution in [0.1, 0.15) is 38.9 Å². The van der Waals surface area contributed by atoms with E-state index in [-0.39, 0.29) is 0 Å². The molecule has 16 heavy (non-hydrogen) atoms. The van der Waals surface area contributed by atoms with Crippen molar-refractivity contribution in [3.63, 3.8) is 0 Å². The standard InChI is InChI=1S/C12H22N4/c1-4-7-16-11(14-9-15-16)8-12(5-6-12)10(2)13-3/h9-10,13H,4-8H2,1-3H3. The van der Waals surface area contributed by atoms with E-state index in [1.807, 2.05) is 7.05 Å². The first-order valence-corrected chi connectivity index (χ1v) is 6.26. The quantitative estimate of drug-likeness (QED) is 0.795. The van der Waals surface area contributed by atoms with Crippen LogP contribution >= 0.6 is 0 Å². The zero-order valence-corrected chi connectivity index (χ0v) is 10.5. The molecule has 1 aromatic heterocycles. The highest BCUT2D eigenvalue weighted by Gasteiger charge is 2.47. The molecule has 0 aromatic carbocycles. The molecule has 0 radical (unpaired) electrons. The molecule has 1 heterocycles. The lowest BCUT2D eigenvalue weighted by molar-refractivity contribution is 0.354. The van der Waals surface area contributed by atoms with Gasteiger partial charge in [-0.05, 0) is 38.6 Å². The summed E-state index contributed by atoms with van der Waals surface area (Å²) < 4.78 is 2.06. The highest BCUT2D eigenvalue weighted by molar-refractivity contribution is 5.06. The second kappa shape index (κ2) is 4.53. The zero-order valence-electron chi connectivity index (χ0n) is 10.5. The normalized spacial score (nSPS) is 19.7. The second-order valence-electron chi connectivity index (χ2n) is 4.95. The van der Waals surface area contributed by atoms with E-state index in [2.05, 4.69) is 33.9 Å². The molecule has 2 rings (SSSR count). The Hall–Kier alpha value is -0.900. The summed E-state index contributed by atoms with van der Waals surface area (Å²) in [4.78, 5) is 4.40. The van der Waals surface area contributed by atoms with Crippen molar-refractivity contribution in [2.75, 3.05) is 7.05 Å². The van der Waals surface area contributed by atoms with Gasteiger partial charge in [-0.1, -0.05) is 6.92 Å². The van der Waals surface area contributed by atoms with Crippen molar-refractivity contribution in [3.05, 3.63) is 12.2 Å². The van der Waals surface area contributed by atoms with Gasteiger partial charge in [-0.25, -0.2) is 4.98 Å². The van der Waals surface area contributed by atoms with Crippen LogP contribution in [0.5, 0.6) is 0 Å². The summed E-state index contributed by atoms with van der Waals surface area (Å²) in [5.74, 6) is 1.15. The van der Waals surface area contributed by atoms with E-state index < -0.39 is 0 Å². The molecule has 1 fully saturated rings. The molecule has 0 saturated heterocycles. The number of aromatic nitrogens is 3. The molecule has 1 saturated carbocycles. The summed E-state index contributed by atoms with van der Waals surface area (Å²) in [6.45, 7) is 5.43. The Kier molecular flexibility index (Phi) is 3.28. The van der Waals surface area contributed by atoms with Gasteiger partial charge in [0.15, 0.2) is 0 Å². The fraction of sp³-hybridized carbons (Fsp3) is 0.833. The van der Waals surface area contributed by atoms with E-state index in [0.717, 1.165) is 25.2 Å². The van der Waals surface area contributed by atoms with Crippen LogP contribution in [0.2, 0.25) is 0 Å². The van der Waals surface area contributed by atoms with Crippen molar-refractivity contribution in [1.82, 2.24) is 20.1 Å². The Balaban J connectivity index is 2.06. The smallest absolute Gasteiger partial charge is 0.138 e. The van der Waals surface area contributed by atoms with Gasteiger partial charge in [-0.3, -0.25) is 4.68 Å². The Morgan fingerprint density at radius 3 is 2.88 bits per heavy atom. The van der Waals surface area contributed by atoms with Crippen molar-refractivity contribution < 1.29 is 0 Å². The van der Waals surface area contributed by atoms with Crippen LogP contribution in [-0.4, -0.2) is 27.9 Å². The van der Waals surface area contributed by atoms with Gasteiger partial charge in [0.2, 0.25) is 0 Å². The van der Waals surface area contributed by atoms with E-state index in [0.29, 0.717) is 11.5 Å². The molecule has 1 aromatic rings. The Morgan fingerprint density at radius 1 is 1.56 bits per heavy atom. The van der Waals surface area contributed by atoms with Crippen LogP contribution in [-0.2, 0) is 13.0 Å². The van der Waals surface area contributed by atoms with E-state index in [1.165, 1.54) is 12.8 Å². The van der Waals surface area contributed by atoms with E-state index >= 15 is 0 Å². The maximum Gasteiger partial charge on any atom is 0.138 e. The van der Waals surface area contributed by atoms with Gasteiger partial charge in [0.1, 0.15) is 12.2 Å². The molecule has 90 valence electrons. The third kappa shape index (κ3) is 2.12. The van der Waals surface area contributed by atoms with Crippen molar-refractivity contribution >= 4 is 0 Å². The molecule has 1 N–H and O–H groups in total. The fourth-order valence-electron chi connectivity index (χ4n) is 2.37. The van der Waals surface area contributed by atoms with Gasteiger partial charge in [-0.15, -0.1) is 0 Å². The molecule has 1 aliphatic rings. The van der Waals surface area contributed by atoms with E-state index in [9.17, 15) is 0 Å². The summed E-state index contributed by atoms with van der Waals surface area (Å²) in [5.41, 5.74) is 0.438. The number of nitrogens with zero attached hydrogens (tertiary/aromatic N) is 3. The first kappa shape index (κ1) is 11.6. The minimum atomic E-state index is 0.438. The van der Waals surface area contributed by atoms with Crippen LogP contribution in [0.4, 0.5) is 0 Å². The lowest BCUT2D eigenvalue weighted by Crippen LogP contribution is -2.34. The average molecular weight is 222 g/mol. The maximum absolute atomic E-state index is 4.40.